The third-order valence-electron chi connectivity index (χ3n) is 4.72. The highest BCUT2D eigenvalue weighted by Crippen LogP contribution is 2.26. The first kappa shape index (κ1) is 22.2. The molecule has 1 aliphatic heterocycles. The molecule has 1 saturated heterocycles. The van der Waals surface area contributed by atoms with Gasteiger partial charge in [0.25, 0.3) is 0 Å². The Morgan fingerprint density at radius 2 is 2.00 bits per heavy atom. The van der Waals surface area contributed by atoms with Crippen molar-refractivity contribution in [2.45, 2.75) is 32.5 Å². The van der Waals surface area contributed by atoms with Crippen LogP contribution >= 0.6 is 0 Å². The highest BCUT2D eigenvalue weighted by Gasteiger charge is 2.28. The summed E-state index contributed by atoms with van der Waals surface area (Å²) in [7, 11) is 3.14. The molecular formula is C19H30F2N4O3. The van der Waals surface area contributed by atoms with Crippen molar-refractivity contribution in [1.29, 1.82) is 0 Å². The van der Waals surface area contributed by atoms with Gasteiger partial charge >= 0.3 is 6.61 Å². The predicted molar refractivity (Wildman–Crippen MR) is 104 cm³/mol. The second kappa shape index (κ2) is 10.4. The molecule has 0 spiro atoms. The fourth-order valence-electron chi connectivity index (χ4n) is 2.99. The highest BCUT2D eigenvalue weighted by molar-refractivity contribution is 5.79. The zero-order valence-electron chi connectivity index (χ0n) is 16.9. The van der Waals surface area contributed by atoms with Crippen molar-refractivity contribution in [3.8, 4) is 11.5 Å². The lowest BCUT2D eigenvalue weighted by molar-refractivity contribution is -0.0505. The van der Waals surface area contributed by atoms with Crippen LogP contribution in [0.15, 0.2) is 23.2 Å². The molecule has 158 valence electrons. The predicted octanol–water partition coefficient (Wildman–Crippen LogP) is 2.07. The number of methoxy groups -OCH3 is 1. The Morgan fingerprint density at radius 3 is 2.61 bits per heavy atom. The zero-order chi connectivity index (χ0) is 20.6. The van der Waals surface area contributed by atoms with Gasteiger partial charge in [-0.3, -0.25) is 9.89 Å². The van der Waals surface area contributed by atoms with Crippen LogP contribution in [0.1, 0.15) is 19.4 Å². The first-order valence-electron chi connectivity index (χ1n) is 9.25. The number of alkyl halides is 2. The van der Waals surface area contributed by atoms with Crippen LogP contribution < -0.4 is 20.1 Å². The lowest BCUT2D eigenvalue weighted by Crippen LogP contribution is -2.56. The van der Waals surface area contributed by atoms with Crippen LogP contribution in [0.2, 0.25) is 0 Å². The van der Waals surface area contributed by atoms with E-state index in [9.17, 15) is 8.78 Å². The van der Waals surface area contributed by atoms with Crippen LogP contribution in [0.5, 0.6) is 11.5 Å². The maximum Gasteiger partial charge on any atom is 0.387 e. The summed E-state index contributed by atoms with van der Waals surface area (Å²) in [5, 5.41) is 6.45. The van der Waals surface area contributed by atoms with Crippen molar-refractivity contribution < 1.29 is 23.0 Å². The third kappa shape index (κ3) is 6.49. The van der Waals surface area contributed by atoms with Crippen LogP contribution in [0.3, 0.4) is 0 Å². The minimum Gasteiger partial charge on any atom is -0.497 e. The number of benzene rings is 1. The fourth-order valence-corrected chi connectivity index (χ4v) is 2.99. The maximum atomic E-state index is 12.7. The van der Waals surface area contributed by atoms with E-state index in [1.165, 1.54) is 13.2 Å². The van der Waals surface area contributed by atoms with Gasteiger partial charge in [-0.15, -0.1) is 0 Å². The average Bonchev–Trinajstić information content (AvgIpc) is 2.69. The van der Waals surface area contributed by atoms with E-state index >= 15 is 0 Å². The number of nitrogens with zero attached hydrogens (tertiary/aromatic N) is 2. The topological polar surface area (TPSA) is 67.4 Å². The first-order chi connectivity index (χ1) is 13.4. The Morgan fingerprint density at radius 1 is 1.29 bits per heavy atom. The molecule has 28 heavy (non-hydrogen) atoms. The molecule has 0 aromatic heterocycles. The molecule has 9 heteroatoms. The fraction of sp³-hybridized carbons (Fsp3) is 0.632. The van der Waals surface area contributed by atoms with Crippen molar-refractivity contribution in [3.63, 3.8) is 0 Å². The summed E-state index contributed by atoms with van der Waals surface area (Å²) in [5.74, 6) is 1.11. The van der Waals surface area contributed by atoms with Gasteiger partial charge in [0.05, 0.1) is 20.3 Å². The van der Waals surface area contributed by atoms with Gasteiger partial charge in [-0.2, -0.15) is 8.78 Å². The molecule has 2 N–H and O–H groups in total. The first-order valence-corrected chi connectivity index (χ1v) is 9.25. The lowest BCUT2D eigenvalue weighted by Gasteiger charge is -2.41. The quantitative estimate of drug-likeness (QED) is 0.515. The summed E-state index contributed by atoms with van der Waals surface area (Å²) in [6, 6.07) is 4.84. The van der Waals surface area contributed by atoms with Crippen molar-refractivity contribution >= 4 is 5.96 Å². The van der Waals surface area contributed by atoms with E-state index < -0.39 is 6.61 Å². The average molecular weight is 400 g/mol. The molecule has 7 nitrogen and oxygen atoms in total. The Labute approximate surface area is 165 Å². The number of halogens is 2. The van der Waals surface area contributed by atoms with Gasteiger partial charge in [-0.05, 0) is 26.0 Å². The maximum absolute atomic E-state index is 12.7. The second-order valence-corrected chi connectivity index (χ2v) is 7.04. The molecule has 0 atom stereocenters. The number of morpholine rings is 1. The Bertz CT molecular complexity index is 650. The van der Waals surface area contributed by atoms with Gasteiger partial charge < -0.3 is 24.8 Å². The van der Waals surface area contributed by atoms with Crippen molar-refractivity contribution in [1.82, 2.24) is 15.5 Å². The van der Waals surface area contributed by atoms with Gasteiger partial charge in [0.15, 0.2) is 5.96 Å². The number of ether oxygens (including phenoxy) is 3. The van der Waals surface area contributed by atoms with Crippen LogP contribution in [0, 0.1) is 0 Å². The van der Waals surface area contributed by atoms with E-state index in [0.717, 1.165) is 26.3 Å². The van der Waals surface area contributed by atoms with Crippen LogP contribution in [-0.2, 0) is 11.3 Å². The van der Waals surface area contributed by atoms with Gasteiger partial charge in [-0.25, -0.2) is 0 Å². The van der Waals surface area contributed by atoms with Crippen LogP contribution in [-0.4, -0.2) is 70.0 Å². The van der Waals surface area contributed by atoms with E-state index in [-0.39, 0.29) is 17.8 Å². The van der Waals surface area contributed by atoms with E-state index in [4.69, 9.17) is 9.47 Å². The van der Waals surface area contributed by atoms with E-state index in [1.807, 2.05) is 0 Å². The smallest absolute Gasteiger partial charge is 0.387 e. The molecular weight excluding hydrogens is 370 g/mol. The minimum atomic E-state index is -2.90. The SMILES string of the molecule is CN=C(NCc1ccc(OC)cc1OC(F)F)NCC(C)(C)N1CCOCC1. The van der Waals surface area contributed by atoms with Gasteiger partial charge in [0, 0.05) is 50.4 Å². The van der Waals surface area contributed by atoms with Gasteiger partial charge in [-0.1, -0.05) is 0 Å². The molecule has 0 unspecified atom stereocenters. The largest absolute Gasteiger partial charge is 0.497 e. The molecule has 0 amide bonds. The number of rotatable bonds is 8. The third-order valence-corrected chi connectivity index (χ3v) is 4.72. The minimum absolute atomic E-state index is 0.0750. The summed E-state index contributed by atoms with van der Waals surface area (Å²) in [5.41, 5.74) is 0.502. The monoisotopic (exact) mass is 400 g/mol. The van der Waals surface area contributed by atoms with Crippen LogP contribution in [0.4, 0.5) is 8.78 Å². The number of hydrogen-bond donors (Lipinski definition) is 2. The second-order valence-electron chi connectivity index (χ2n) is 7.04. The van der Waals surface area contributed by atoms with E-state index in [2.05, 4.69) is 39.1 Å². The standard InChI is InChI=1S/C19H30F2N4O3/c1-19(2,25-7-9-27-10-8-25)13-24-18(22-3)23-12-14-5-6-15(26-4)11-16(14)28-17(20)21/h5-6,11,17H,7-10,12-13H2,1-4H3,(H2,22,23,24). The summed E-state index contributed by atoms with van der Waals surface area (Å²) < 4.78 is 40.5. The normalized spacial score (nSPS) is 16.2. The molecule has 1 aromatic rings. The zero-order valence-corrected chi connectivity index (χ0v) is 16.9. The Hall–Kier alpha value is -2.13. The Balaban J connectivity index is 1.94. The van der Waals surface area contributed by atoms with E-state index in [0.29, 0.717) is 23.8 Å². The Kier molecular flexibility index (Phi) is 8.25. The van der Waals surface area contributed by atoms with Gasteiger partial charge in [0.2, 0.25) is 0 Å². The molecule has 1 fully saturated rings. The number of hydrogen-bond acceptors (Lipinski definition) is 5. The van der Waals surface area contributed by atoms with Crippen molar-refractivity contribution in [3.05, 3.63) is 23.8 Å². The summed E-state index contributed by atoms with van der Waals surface area (Å²) >= 11 is 0. The van der Waals surface area contributed by atoms with Crippen LogP contribution in [0.25, 0.3) is 0 Å². The molecule has 2 rings (SSSR count). The number of nitrogens with one attached hydrogen (secondary N) is 2. The summed E-state index contributed by atoms with van der Waals surface area (Å²) in [6.07, 6.45) is 0. The molecule has 0 saturated carbocycles. The van der Waals surface area contributed by atoms with Gasteiger partial charge in [0.1, 0.15) is 11.5 Å². The molecule has 1 aliphatic rings. The molecule has 0 aliphatic carbocycles. The lowest BCUT2D eigenvalue weighted by atomic mass is 10.0. The molecule has 1 heterocycles. The summed E-state index contributed by atoms with van der Waals surface area (Å²) in [4.78, 5) is 6.58. The summed E-state index contributed by atoms with van der Waals surface area (Å²) in [6.45, 7) is 5.63. The molecule has 0 bridgehead atoms. The molecule has 1 aromatic carbocycles. The van der Waals surface area contributed by atoms with Crippen molar-refractivity contribution in [2.75, 3.05) is 47.0 Å². The van der Waals surface area contributed by atoms with E-state index in [1.54, 1.807) is 19.2 Å². The number of guanidine groups is 1. The highest BCUT2D eigenvalue weighted by atomic mass is 19.3. The number of aliphatic imine (C=N–C) groups is 1. The molecule has 0 radical (unpaired) electrons. The van der Waals surface area contributed by atoms with Crippen molar-refractivity contribution in [2.24, 2.45) is 4.99 Å².